The molecule has 3 rings (SSSR count). The van der Waals surface area contributed by atoms with Crippen LogP contribution in [0.25, 0.3) is 10.6 Å². The van der Waals surface area contributed by atoms with Crippen molar-refractivity contribution in [2.24, 2.45) is 7.05 Å². The highest BCUT2D eigenvalue weighted by Crippen LogP contribution is 2.25. The predicted molar refractivity (Wildman–Crippen MR) is 96.7 cm³/mol. The van der Waals surface area contributed by atoms with Crippen molar-refractivity contribution in [3.8, 4) is 10.6 Å². The highest BCUT2D eigenvalue weighted by molar-refractivity contribution is 7.14. The number of esters is 1. The van der Waals surface area contributed by atoms with Gasteiger partial charge in [-0.3, -0.25) is 14.3 Å². The minimum absolute atomic E-state index is 0.0404. The number of ether oxygens (including phenoxy) is 1. The van der Waals surface area contributed by atoms with E-state index in [2.05, 4.69) is 15.4 Å². The third-order valence-corrected chi connectivity index (χ3v) is 4.90. The Morgan fingerprint density at radius 1 is 1.36 bits per heavy atom. The number of hydrogen-bond acceptors (Lipinski definition) is 7. The minimum atomic E-state index is -0.487. The topological polar surface area (TPSA) is 86.1 Å². The monoisotopic (exact) mass is 376 g/mol. The SMILES string of the molecule is Cc1cc(NC(=O)COC(=O)Cc2csc(-c3ccsc3)n2)n(C)n1. The molecule has 0 unspecified atom stereocenters. The van der Waals surface area contributed by atoms with Gasteiger partial charge in [0.05, 0.1) is 17.8 Å². The highest BCUT2D eigenvalue weighted by Gasteiger charge is 2.13. The Balaban J connectivity index is 1.48. The van der Waals surface area contributed by atoms with Crippen LogP contribution in [0.2, 0.25) is 0 Å². The first-order chi connectivity index (χ1) is 12.0. The second-order valence-corrected chi connectivity index (χ2v) is 6.97. The van der Waals surface area contributed by atoms with Crippen LogP contribution in [0.4, 0.5) is 5.82 Å². The number of nitrogens with one attached hydrogen (secondary N) is 1. The summed E-state index contributed by atoms with van der Waals surface area (Å²) in [6.07, 6.45) is 0.0404. The zero-order chi connectivity index (χ0) is 17.8. The summed E-state index contributed by atoms with van der Waals surface area (Å²) in [4.78, 5) is 28.1. The van der Waals surface area contributed by atoms with Gasteiger partial charge in [-0.1, -0.05) is 0 Å². The van der Waals surface area contributed by atoms with Crippen LogP contribution in [0, 0.1) is 6.92 Å². The summed E-state index contributed by atoms with van der Waals surface area (Å²) in [7, 11) is 1.72. The van der Waals surface area contributed by atoms with Crippen LogP contribution in [0.5, 0.6) is 0 Å². The molecule has 0 spiro atoms. The van der Waals surface area contributed by atoms with E-state index < -0.39 is 11.9 Å². The van der Waals surface area contributed by atoms with Crippen molar-refractivity contribution in [3.63, 3.8) is 0 Å². The predicted octanol–water partition coefficient (Wildman–Crippen LogP) is 2.64. The molecule has 1 amide bonds. The third-order valence-electron chi connectivity index (χ3n) is 3.28. The molecule has 0 aliphatic rings. The quantitative estimate of drug-likeness (QED) is 0.669. The molecule has 3 aromatic heterocycles. The maximum absolute atomic E-state index is 11.9. The van der Waals surface area contributed by atoms with E-state index >= 15 is 0 Å². The normalized spacial score (nSPS) is 10.6. The number of aromatic nitrogens is 3. The zero-order valence-corrected chi connectivity index (χ0v) is 15.3. The van der Waals surface area contributed by atoms with Gasteiger partial charge in [-0.05, 0) is 18.4 Å². The number of aryl methyl sites for hydroxylation is 2. The van der Waals surface area contributed by atoms with Gasteiger partial charge >= 0.3 is 5.97 Å². The van der Waals surface area contributed by atoms with Crippen molar-refractivity contribution in [1.29, 1.82) is 0 Å². The van der Waals surface area contributed by atoms with Gasteiger partial charge in [-0.25, -0.2) is 4.98 Å². The van der Waals surface area contributed by atoms with E-state index in [1.807, 2.05) is 29.1 Å². The molecule has 3 heterocycles. The van der Waals surface area contributed by atoms with Crippen molar-refractivity contribution in [3.05, 3.63) is 39.7 Å². The molecular formula is C16H16N4O3S2. The molecular weight excluding hydrogens is 360 g/mol. The van der Waals surface area contributed by atoms with Crippen molar-refractivity contribution >= 4 is 40.4 Å². The molecule has 0 saturated heterocycles. The van der Waals surface area contributed by atoms with Gasteiger partial charge in [0.2, 0.25) is 0 Å². The van der Waals surface area contributed by atoms with Crippen molar-refractivity contribution < 1.29 is 14.3 Å². The smallest absolute Gasteiger partial charge is 0.312 e. The summed E-state index contributed by atoms with van der Waals surface area (Å²) in [5.41, 5.74) is 2.47. The van der Waals surface area contributed by atoms with E-state index in [0.717, 1.165) is 16.3 Å². The van der Waals surface area contributed by atoms with Crippen LogP contribution in [0.1, 0.15) is 11.4 Å². The number of hydrogen-bond donors (Lipinski definition) is 1. The molecule has 3 aromatic rings. The molecule has 0 aromatic carbocycles. The number of anilines is 1. The van der Waals surface area contributed by atoms with Gasteiger partial charge in [-0.15, -0.1) is 11.3 Å². The van der Waals surface area contributed by atoms with Crippen LogP contribution in [0.3, 0.4) is 0 Å². The van der Waals surface area contributed by atoms with E-state index in [-0.39, 0.29) is 13.0 Å². The number of carbonyl (C=O) groups is 2. The maximum atomic E-state index is 11.9. The lowest BCUT2D eigenvalue weighted by molar-refractivity contribution is -0.146. The Bertz CT molecular complexity index is 883. The first-order valence-corrected chi connectivity index (χ1v) is 9.26. The van der Waals surface area contributed by atoms with E-state index in [9.17, 15) is 9.59 Å². The van der Waals surface area contributed by atoms with Crippen molar-refractivity contribution in [1.82, 2.24) is 14.8 Å². The fraction of sp³-hybridized carbons (Fsp3) is 0.250. The van der Waals surface area contributed by atoms with E-state index in [1.165, 1.54) is 11.3 Å². The van der Waals surface area contributed by atoms with Gasteiger partial charge < -0.3 is 10.1 Å². The molecule has 0 bridgehead atoms. The molecule has 0 aliphatic carbocycles. The van der Waals surface area contributed by atoms with Gasteiger partial charge in [0.25, 0.3) is 5.91 Å². The standard InChI is InChI=1S/C16H16N4O3S2/c1-10-5-13(20(2)19-10)18-14(21)7-23-15(22)6-12-9-25-16(17-12)11-3-4-24-8-11/h3-5,8-9H,6-7H2,1-2H3,(H,18,21). The largest absolute Gasteiger partial charge is 0.455 e. The van der Waals surface area contributed by atoms with Gasteiger partial charge in [0, 0.05) is 29.4 Å². The van der Waals surface area contributed by atoms with Gasteiger partial charge in [0.1, 0.15) is 10.8 Å². The summed E-state index contributed by atoms with van der Waals surface area (Å²) in [6, 6.07) is 3.72. The van der Waals surface area contributed by atoms with E-state index in [0.29, 0.717) is 11.5 Å². The first-order valence-electron chi connectivity index (χ1n) is 7.44. The molecule has 0 aliphatic heterocycles. The fourth-order valence-electron chi connectivity index (χ4n) is 2.16. The van der Waals surface area contributed by atoms with Crippen LogP contribution in [-0.4, -0.2) is 33.2 Å². The number of thiophene rings is 1. The lowest BCUT2D eigenvalue weighted by Crippen LogP contribution is -2.22. The number of carbonyl (C=O) groups excluding carboxylic acids is 2. The Hall–Kier alpha value is -2.52. The van der Waals surface area contributed by atoms with E-state index in [1.54, 1.807) is 29.1 Å². The fourth-order valence-corrected chi connectivity index (χ4v) is 3.69. The molecule has 1 N–H and O–H groups in total. The molecule has 9 heteroatoms. The first kappa shape index (κ1) is 17.3. The average molecular weight is 376 g/mol. The minimum Gasteiger partial charge on any atom is -0.455 e. The Morgan fingerprint density at radius 3 is 2.88 bits per heavy atom. The molecule has 130 valence electrons. The highest BCUT2D eigenvalue weighted by atomic mass is 32.1. The van der Waals surface area contributed by atoms with Crippen molar-refractivity contribution in [2.45, 2.75) is 13.3 Å². The molecule has 0 fully saturated rings. The molecule has 25 heavy (non-hydrogen) atoms. The molecule has 0 radical (unpaired) electrons. The maximum Gasteiger partial charge on any atom is 0.312 e. The van der Waals surface area contributed by atoms with Crippen molar-refractivity contribution in [2.75, 3.05) is 11.9 Å². The van der Waals surface area contributed by atoms with Crippen LogP contribution in [-0.2, 0) is 27.8 Å². The summed E-state index contributed by atoms with van der Waals surface area (Å²) < 4.78 is 6.56. The second kappa shape index (κ2) is 7.58. The average Bonchev–Trinajstić information content (AvgIpc) is 3.27. The zero-order valence-electron chi connectivity index (χ0n) is 13.7. The summed E-state index contributed by atoms with van der Waals surface area (Å²) >= 11 is 3.07. The summed E-state index contributed by atoms with van der Waals surface area (Å²) in [5, 5.41) is 13.5. The Labute approximate surface area is 152 Å². The number of nitrogens with zero attached hydrogens (tertiary/aromatic N) is 3. The Morgan fingerprint density at radius 2 is 2.20 bits per heavy atom. The molecule has 0 saturated carbocycles. The number of amides is 1. The summed E-state index contributed by atoms with van der Waals surface area (Å²) in [6.45, 7) is 1.48. The lowest BCUT2D eigenvalue weighted by Gasteiger charge is -2.06. The molecule has 0 atom stereocenters. The van der Waals surface area contributed by atoms with Gasteiger partial charge in [0.15, 0.2) is 6.61 Å². The lowest BCUT2D eigenvalue weighted by atomic mass is 10.3. The summed E-state index contributed by atoms with van der Waals surface area (Å²) in [5.74, 6) is -0.342. The Kier molecular flexibility index (Phi) is 5.25. The van der Waals surface area contributed by atoms with E-state index in [4.69, 9.17) is 4.74 Å². The number of thiazole rings is 1. The van der Waals surface area contributed by atoms with Crippen LogP contribution < -0.4 is 5.32 Å². The second-order valence-electron chi connectivity index (χ2n) is 5.34. The molecule has 7 nitrogen and oxygen atoms in total. The third kappa shape index (κ3) is 4.52. The number of rotatable bonds is 6. The van der Waals surface area contributed by atoms with Crippen LogP contribution >= 0.6 is 22.7 Å². The van der Waals surface area contributed by atoms with Crippen LogP contribution in [0.15, 0.2) is 28.3 Å². The van der Waals surface area contributed by atoms with Gasteiger partial charge in [-0.2, -0.15) is 16.4 Å².